The van der Waals surface area contributed by atoms with Crippen molar-refractivity contribution in [3.63, 3.8) is 0 Å². The number of carbonyl (C=O) groups is 2. The number of rotatable bonds is 6. The predicted octanol–water partition coefficient (Wildman–Crippen LogP) is 1.16. The Balaban J connectivity index is 1.85. The minimum atomic E-state index is -1.44. The van der Waals surface area contributed by atoms with E-state index in [2.05, 4.69) is 0 Å². The van der Waals surface area contributed by atoms with E-state index in [4.69, 9.17) is 18.9 Å². The number of aliphatic hydroxyl groups excluding tert-OH is 2. The van der Waals surface area contributed by atoms with Crippen molar-refractivity contribution in [2.45, 2.75) is 30.7 Å². The lowest BCUT2D eigenvalue weighted by atomic mass is 9.98. The summed E-state index contributed by atoms with van der Waals surface area (Å²) in [4.78, 5) is 25.1. The fraction of sp³-hybridized carbons (Fsp3) is 0.333. The van der Waals surface area contributed by atoms with Gasteiger partial charge in [-0.3, -0.25) is 0 Å². The number of aliphatic hydroxyl groups is 2. The molecule has 8 nitrogen and oxygen atoms in total. The summed E-state index contributed by atoms with van der Waals surface area (Å²) in [6.07, 6.45) is -6.24. The number of hydrogen-bond acceptors (Lipinski definition) is 8. The highest BCUT2D eigenvalue weighted by molar-refractivity contribution is 5.90. The van der Waals surface area contributed by atoms with Gasteiger partial charge in [-0.1, -0.05) is 36.4 Å². The van der Waals surface area contributed by atoms with Gasteiger partial charge in [-0.15, -0.1) is 0 Å². The Morgan fingerprint density at radius 2 is 1.38 bits per heavy atom. The van der Waals surface area contributed by atoms with E-state index >= 15 is 0 Å². The van der Waals surface area contributed by atoms with Crippen molar-refractivity contribution in [3.8, 4) is 0 Å². The molecule has 0 unspecified atom stereocenters. The molecule has 154 valence electrons. The lowest BCUT2D eigenvalue weighted by Crippen LogP contribution is -2.61. The van der Waals surface area contributed by atoms with Crippen LogP contribution < -0.4 is 0 Å². The van der Waals surface area contributed by atoms with Crippen molar-refractivity contribution in [1.29, 1.82) is 0 Å². The molecular weight excluding hydrogens is 380 g/mol. The molecule has 0 bridgehead atoms. The van der Waals surface area contributed by atoms with Gasteiger partial charge in [0.25, 0.3) is 0 Å². The summed E-state index contributed by atoms with van der Waals surface area (Å²) in [5.41, 5.74) is 0.531. The third kappa shape index (κ3) is 4.80. The van der Waals surface area contributed by atoms with Crippen LogP contribution >= 0.6 is 0 Å². The predicted molar refractivity (Wildman–Crippen MR) is 100 cm³/mol. The summed E-state index contributed by atoms with van der Waals surface area (Å²) in [5, 5.41) is 20.1. The molecule has 8 heteroatoms. The van der Waals surface area contributed by atoms with Gasteiger partial charge < -0.3 is 29.2 Å². The first-order valence-corrected chi connectivity index (χ1v) is 9.04. The second-order valence-electron chi connectivity index (χ2n) is 6.42. The second kappa shape index (κ2) is 9.62. The van der Waals surface area contributed by atoms with Gasteiger partial charge in [-0.25, -0.2) is 9.59 Å². The highest BCUT2D eigenvalue weighted by Crippen LogP contribution is 2.28. The fourth-order valence-corrected chi connectivity index (χ4v) is 3.02. The number of benzene rings is 2. The van der Waals surface area contributed by atoms with Crippen LogP contribution in [-0.2, 0) is 18.9 Å². The molecule has 1 saturated heterocycles. The van der Waals surface area contributed by atoms with Crippen molar-refractivity contribution in [3.05, 3.63) is 71.8 Å². The summed E-state index contributed by atoms with van der Waals surface area (Å²) in [6, 6.07) is 16.4. The molecule has 29 heavy (non-hydrogen) atoms. The molecule has 1 aliphatic rings. The lowest BCUT2D eigenvalue weighted by molar-refractivity contribution is -0.292. The topological polar surface area (TPSA) is 112 Å². The van der Waals surface area contributed by atoms with Crippen LogP contribution in [0, 0.1) is 0 Å². The van der Waals surface area contributed by atoms with E-state index in [-0.39, 0.29) is 11.1 Å². The molecule has 0 saturated carbocycles. The second-order valence-corrected chi connectivity index (χ2v) is 6.42. The van der Waals surface area contributed by atoms with E-state index < -0.39 is 49.3 Å². The van der Waals surface area contributed by atoms with Crippen molar-refractivity contribution in [1.82, 2.24) is 0 Å². The number of carbonyl (C=O) groups excluding carboxylic acids is 2. The number of ether oxygens (including phenoxy) is 4. The zero-order chi connectivity index (χ0) is 20.8. The first kappa shape index (κ1) is 20.9. The van der Waals surface area contributed by atoms with Crippen molar-refractivity contribution >= 4 is 11.9 Å². The Morgan fingerprint density at radius 1 is 0.897 bits per heavy atom. The number of methoxy groups -OCH3 is 1. The van der Waals surface area contributed by atoms with Gasteiger partial charge >= 0.3 is 11.9 Å². The van der Waals surface area contributed by atoms with Crippen LogP contribution in [-0.4, -0.2) is 66.6 Å². The Morgan fingerprint density at radius 3 is 1.83 bits per heavy atom. The molecule has 2 N–H and O–H groups in total. The highest BCUT2D eigenvalue weighted by atomic mass is 16.7. The SMILES string of the molecule is CO[C@H]1O[C@H](CO)[C@H](O)[C@H](OC(=O)c2ccccc2)[C@H]1OC(=O)c1ccccc1. The molecule has 0 amide bonds. The van der Waals surface area contributed by atoms with Gasteiger partial charge in [0.05, 0.1) is 17.7 Å². The third-order valence-electron chi connectivity index (χ3n) is 4.54. The summed E-state index contributed by atoms with van der Waals surface area (Å²) in [7, 11) is 1.32. The first-order valence-electron chi connectivity index (χ1n) is 9.04. The van der Waals surface area contributed by atoms with Crippen molar-refractivity contribution in [2.24, 2.45) is 0 Å². The molecule has 5 atom stereocenters. The van der Waals surface area contributed by atoms with Crippen LogP contribution in [0.4, 0.5) is 0 Å². The van der Waals surface area contributed by atoms with E-state index in [0.29, 0.717) is 0 Å². The van der Waals surface area contributed by atoms with Gasteiger partial charge in [0.1, 0.15) is 12.2 Å². The van der Waals surface area contributed by atoms with E-state index in [0.717, 1.165) is 0 Å². The standard InChI is InChI=1S/C21H22O8/c1-26-21-18(29-20(25)14-10-6-3-7-11-14)17(16(23)15(12-22)27-21)28-19(24)13-8-4-2-5-9-13/h2-11,15-18,21-23H,12H2,1H3/t15-,16+,17+,18-,21+/m1/s1. The average Bonchev–Trinajstić information content (AvgIpc) is 2.77. The summed E-state index contributed by atoms with van der Waals surface area (Å²) in [5.74, 6) is -1.42. The quantitative estimate of drug-likeness (QED) is 0.693. The Hall–Kier alpha value is -2.78. The van der Waals surface area contributed by atoms with Crippen molar-refractivity contribution in [2.75, 3.05) is 13.7 Å². The van der Waals surface area contributed by atoms with E-state index in [1.54, 1.807) is 60.7 Å². The Bertz CT molecular complexity index is 810. The van der Waals surface area contributed by atoms with E-state index in [1.807, 2.05) is 0 Å². The maximum Gasteiger partial charge on any atom is 0.338 e. The molecule has 1 aliphatic heterocycles. The van der Waals surface area contributed by atoms with Crippen LogP contribution in [0.3, 0.4) is 0 Å². The van der Waals surface area contributed by atoms with Crippen LogP contribution in [0.5, 0.6) is 0 Å². The van der Waals surface area contributed by atoms with Gasteiger partial charge in [0.15, 0.2) is 18.5 Å². The summed E-state index contributed by atoms with van der Waals surface area (Å²) in [6.45, 7) is -0.542. The molecule has 1 fully saturated rings. The molecule has 2 aromatic carbocycles. The molecular formula is C21H22O8. The number of hydrogen-bond donors (Lipinski definition) is 2. The van der Waals surface area contributed by atoms with Gasteiger partial charge in [-0.2, -0.15) is 0 Å². The Labute approximate surface area is 167 Å². The fourth-order valence-electron chi connectivity index (χ4n) is 3.02. The average molecular weight is 402 g/mol. The Kier molecular flexibility index (Phi) is 6.95. The molecule has 0 aromatic heterocycles. The minimum Gasteiger partial charge on any atom is -0.452 e. The van der Waals surface area contributed by atoms with Gasteiger partial charge in [0.2, 0.25) is 0 Å². The van der Waals surface area contributed by atoms with Crippen molar-refractivity contribution < 1.29 is 38.7 Å². The highest BCUT2D eigenvalue weighted by Gasteiger charge is 2.50. The summed E-state index contributed by atoms with van der Waals surface area (Å²) < 4.78 is 21.7. The van der Waals surface area contributed by atoms with Gasteiger partial charge in [-0.05, 0) is 24.3 Å². The van der Waals surface area contributed by atoms with Crippen LogP contribution in [0.15, 0.2) is 60.7 Å². The smallest absolute Gasteiger partial charge is 0.338 e. The molecule has 3 rings (SSSR count). The monoisotopic (exact) mass is 402 g/mol. The van der Waals surface area contributed by atoms with E-state index in [9.17, 15) is 19.8 Å². The maximum absolute atomic E-state index is 12.5. The molecule has 0 spiro atoms. The van der Waals surface area contributed by atoms with Crippen LogP contribution in [0.1, 0.15) is 20.7 Å². The zero-order valence-corrected chi connectivity index (χ0v) is 15.7. The minimum absolute atomic E-state index is 0.258. The molecule has 0 aliphatic carbocycles. The largest absolute Gasteiger partial charge is 0.452 e. The number of esters is 2. The molecule has 2 aromatic rings. The summed E-state index contributed by atoms with van der Waals surface area (Å²) >= 11 is 0. The normalized spacial score (nSPS) is 26.5. The van der Waals surface area contributed by atoms with Crippen LogP contribution in [0.2, 0.25) is 0 Å². The van der Waals surface area contributed by atoms with E-state index in [1.165, 1.54) is 7.11 Å². The zero-order valence-electron chi connectivity index (χ0n) is 15.7. The molecule has 1 heterocycles. The lowest BCUT2D eigenvalue weighted by Gasteiger charge is -2.42. The third-order valence-corrected chi connectivity index (χ3v) is 4.54. The molecule has 0 radical (unpaired) electrons. The maximum atomic E-state index is 12.5. The van der Waals surface area contributed by atoms with Crippen LogP contribution in [0.25, 0.3) is 0 Å². The first-order chi connectivity index (χ1) is 14.0. The van der Waals surface area contributed by atoms with Gasteiger partial charge in [0, 0.05) is 7.11 Å².